The van der Waals surface area contributed by atoms with Crippen LogP contribution in [0.3, 0.4) is 0 Å². The Hall–Kier alpha value is -1.46. The fraction of sp³-hybridized carbons (Fsp3) is 0.0833. The average Bonchev–Trinajstić information content (AvgIpc) is 2.32. The first kappa shape index (κ1) is 13.0. The van der Waals surface area contributed by atoms with Gasteiger partial charge in [0, 0.05) is 11.8 Å². The van der Waals surface area contributed by atoms with Crippen molar-refractivity contribution in [1.29, 1.82) is 0 Å². The number of pyridine rings is 2. The molecule has 0 radical (unpaired) electrons. The van der Waals surface area contributed by atoms with Crippen LogP contribution in [0.25, 0.3) is 0 Å². The maximum Gasteiger partial charge on any atom is 0.255 e. The van der Waals surface area contributed by atoms with Crippen molar-refractivity contribution in [1.82, 2.24) is 9.97 Å². The number of nitrogens with one attached hydrogen (secondary N) is 1. The normalized spacial score (nSPS) is 10.2. The third-order valence-corrected chi connectivity index (χ3v) is 2.93. The number of nitrogens with zero attached hydrogens (tertiary/aromatic N) is 2. The molecule has 0 fully saturated rings. The molecule has 1 amide bonds. The topological polar surface area (TPSA) is 54.9 Å². The molecule has 0 aliphatic carbocycles. The van der Waals surface area contributed by atoms with Crippen molar-refractivity contribution in [2.45, 2.75) is 6.92 Å². The molecule has 0 aromatic carbocycles. The zero-order chi connectivity index (χ0) is 13.1. The predicted molar refractivity (Wildman–Crippen MR) is 73.9 cm³/mol. The van der Waals surface area contributed by atoms with Gasteiger partial charge in [0.25, 0.3) is 5.91 Å². The monoisotopic (exact) mass is 325 g/mol. The zero-order valence-corrected chi connectivity index (χ0v) is 11.8. The first-order valence-corrected chi connectivity index (χ1v) is 6.29. The van der Waals surface area contributed by atoms with Gasteiger partial charge in [-0.2, -0.15) is 0 Å². The van der Waals surface area contributed by atoms with Crippen LogP contribution in [0.4, 0.5) is 5.69 Å². The highest BCUT2D eigenvalue weighted by molar-refractivity contribution is 9.10. The predicted octanol–water partition coefficient (Wildman–Crippen LogP) is 3.45. The summed E-state index contributed by atoms with van der Waals surface area (Å²) < 4.78 is 0.612. The van der Waals surface area contributed by atoms with E-state index in [4.69, 9.17) is 11.6 Å². The highest BCUT2D eigenvalue weighted by Crippen LogP contribution is 2.17. The minimum atomic E-state index is -0.217. The fourth-order valence-electron chi connectivity index (χ4n) is 1.40. The summed E-state index contributed by atoms with van der Waals surface area (Å²) in [6, 6.07) is 6.64. The summed E-state index contributed by atoms with van der Waals surface area (Å²) in [5, 5.41) is 3.17. The third kappa shape index (κ3) is 3.05. The Morgan fingerprint density at radius 1 is 1.39 bits per heavy atom. The smallest absolute Gasteiger partial charge is 0.255 e. The van der Waals surface area contributed by atoms with Crippen LogP contribution in [-0.4, -0.2) is 15.9 Å². The van der Waals surface area contributed by atoms with Crippen LogP contribution in [0.5, 0.6) is 0 Å². The lowest BCUT2D eigenvalue weighted by Crippen LogP contribution is -2.13. The van der Waals surface area contributed by atoms with Crippen LogP contribution in [0.15, 0.2) is 35.1 Å². The van der Waals surface area contributed by atoms with Crippen molar-refractivity contribution in [2.75, 3.05) is 5.32 Å². The lowest BCUT2D eigenvalue weighted by atomic mass is 10.2. The minimum absolute atomic E-state index is 0.217. The second-order valence-electron chi connectivity index (χ2n) is 3.59. The molecule has 2 heterocycles. The van der Waals surface area contributed by atoms with Gasteiger partial charge in [0.05, 0.1) is 11.4 Å². The molecule has 0 spiro atoms. The van der Waals surface area contributed by atoms with Gasteiger partial charge >= 0.3 is 0 Å². The Kier molecular flexibility index (Phi) is 3.93. The van der Waals surface area contributed by atoms with E-state index >= 15 is 0 Å². The molecule has 2 aromatic rings. The largest absolute Gasteiger partial charge is 0.320 e. The lowest BCUT2D eigenvalue weighted by molar-refractivity contribution is 0.102. The van der Waals surface area contributed by atoms with Crippen LogP contribution < -0.4 is 5.32 Å². The van der Waals surface area contributed by atoms with Crippen LogP contribution in [-0.2, 0) is 0 Å². The number of rotatable bonds is 2. The van der Waals surface area contributed by atoms with Gasteiger partial charge < -0.3 is 5.32 Å². The Bertz CT molecular complexity index is 604. The molecule has 0 saturated heterocycles. The molecular formula is C12H9BrClN3O. The first-order chi connectivity index (χ1) is 8.56. The maximum absolute atomic E-state index is 12.0. The van der Waals surface area contributed by atoms with E-state index in [0.29, 0.717) is 26.7 Å². The van der Waals surface area contributed by atoms with Gasteiger partial charge in [-0.25, -0.2) is 9.97 Å². The molecule has 1 N–H and O–H groups in total. The average molecular weight is 327 g/mol. The summed E-state index contributed by atoms with van der Waals surface area (Å²) in [5.41, 5.74) is 1.83. The Labute approximate surface area is 118 Å². The summed E-state index contributed by atoms with van der Waals surface area (Å²) in [6.45, 7) is 1.78. The van der Waals surface area contributed by atoms with Gasteiger partial charge in [-0.15, -0.1) is 0 Å². The highest BCUT2D eigenvalue weighted by Gasteiger charge is 2.09. The van der Waals surface area contributed by atoms with Gasteiger partial charge in [0.15, 0.2) is 0 Å². The Balaban J connectivity index is 2.21. The van der Waals surface area contributed by atoms with E-state index in [1.807, 2.05) is 0 Å². The maximum atomic E-state index is 12.0. The quantitative estimate of drug-likeness (QED) is 0.860. The molecule has 0 bridgehead atoms. The third-order valence-electron chi connectivity index (χ3n) is 2.29. The molecule has 92 valence electrons. The molecular weight excluding hydrogens is 318 g/mol. The summed E-state index contributed by atoms with van der Waals surface area (Å²) >= 11 is 8.97. The molecule has 0 aliphatic heterocycles. The van der Waals surface area contributed by atoms with E-state index in [0.717, 1.165) is 0 Å². The molecule has 6 heteroatoms. The number of carbonyl (C=O) groups excluding carboxylic acids is 1. The molecule has 4 nitrogen and oxygen atoms in total. The second kappa shape index (κ2) is 5.46. The highest BCUT2D eigenvalue weighted by atomic mass is 79.9. The number of hydrogen-bond donors (Lipinski definition) is 1. The second-order valence-corrected chi connectivity index (χ2v) is 4.79. The summed E-state index contributed by atoms with van der Waals surface area (Å²) in [5.74, 6) is -0.217. The number of carbonyl (C=O) groups is 1. The number of aromatic nitrogens is 2. The van der Waals surface area contributed by atoms with Gasteiger partial charge in [-0.05, 0) is 47.1 Å². The van der Waals surface area contributed by atoms with Crippen molar-refractivity contribution in [3.63, 3.8) is 0 Å². The van der Waals surface area contributed by atoms with Gasteiger partial charge in [0.2, 0.25) is 0 Å². The van der Waals surface area contributed by atoms with E-state index < -0.39 is 0 Å². The fourth-order valence-corrected chi connectivity index (χ4v) is 1.96. The van der Waals surface area contributed by atoms with Crippen molar-refractivity contribution in [3.05, 3.63) is 51.5 Å². The number of hydrogen-bond acceptors (Lipinski definition) is 3. The lowest BCUT2D eigenvalue weighted by Gasteiger charge is -2.07. The SMILES string of the molecule is Cc1nc(Cl)ccc1NC(=O)c1ccnc(Br)c1. The van der Waals surface area contributed by atoms with E-state index in [-0.39, 0.29) is 5.91 Å². The van der Waals surface area contributed by atoms with E-state index in [1.165, 1.54) is 0 Å². The van der Waals surface area contributed by atoms with Crippen LogP contribution in [0.1, 0.15) is 16.1 Å². The van der Waals surface area contributed by atoms with Crippen molar-refractivity contribution in [3.8, 4) is 0 Å². The molecule has 0 aliphatic rings. The number of amides is 1. The molecule has 0 unspecified atom stereocenters. The van der Waals surface area contributed by atoms with Crippen LogP contribution >= 0.6 is 27.5 Å². The molecule has 18 heavy (non-hydrogen) atoms. The van der Waals surface area contributed by atoms with E-state index in [9.17, 15) is 4.79 Å². The first-order valence-electron chi connectivity index (χ1n) is 5.12. The molecule has 2 rings (SSSR count). The van der Waals surface area contributed by atoms with E-state index in [1.54, 1.807) is 37.4 Å². The summed E-state index contributed by atoms with van der Waals surface area (Å²) in [6.07, 6.45) is 1.56. The summed E-state index contributed by atoms with van der Waals surface area (Å²) in [7, 11) is 0. The van der Waals surface area contributed by atoms with Crippen molar-refractivity contribution in [2.24, 2.45) is 0 Å². The van der Waals surface area contributed by atoms with Crippen LogP contribution in [0, 0.1) is 6.92 Å². The van der Waals surface area contributed by atoms with Crippen LogP contribution in [0.2, 0.25) is 5.15 Å². The molecule has 2 aromatic heterocycles. The van der Waals surface area contributed by atoms with Gasteiger partial charge in [-0.3, -0.25) is 4.79 Å². The Morgan fingerprint density at radius 2 is 2.17 bits per heavy atom. The number of anilines is 1. The van der Waals surface area contributed by atoms with E-state index in [2.05, 4.69) is 31.2 Å². The molecule has 0 atom stereocenters. The molecule has 0 saturated carbocycles. The standard InChI is InChI=1S/C12H9BrClN3O/c1-7-9(2-3-11(14)16-7)17-12(18)8-4-5-15-10(13)6-8/h2-6H,1H3,(H,17,18). The number of halogens is 2. The van der Waals surface area contributed by atoms with Gasteiger partial charge in [0.1, 0.15) is 9.76 Å². The summed E-state index contributed by atoms with van der Waals surface area (Å²) in [4.78, 5) is 20.0. The Morgan fingerprint density at radius 3 is 2.83 bits per heavy atom. The van der Waals surface area contributed by atoms with Crippen molar-refractivity contribution >= 4 is 39.1 Å². The zero-order valence-electron chi connectivity index (χ0n) is 9.45. The van der Waals surface area contributed by atoms with Crippen molar-refractivity contribution < 1.29 is 4.79 Å². The minimum Gasteiger partial charge on any atom is -0.320 e. The van der Waals surface area contributed by atoms with Gasteiger partial charge in [-0.1, -0.05) is 11.6 Å². The number of aryl methyl sites for hydroxylation is 1.